The molecular formula is C19H27N. The van der Waals surface area contributed by atoms with Crippen LogP contribution in [-0.2, 0) is 6.54 Å². The Balaban J connectivity index is 1.98. The van der Waals surface area contributed by atoms with Crippen molar-refractivity contribution < 1.29 is 0 Å². The highest BCUT2D eigenvalue weighted by atomic mass is 15.2. The van der Waals surface area contributed by atoms with E-state index in [-0.39, 0.29) is 0 Å². The molecule has 20 heavy (non-hydrogen) atoms. The molecule has 3 rings (SSSR count). The summed E-state index contributed by atoms with van der Waals surface area (Å²) in [5, 5.41) is 0. The predicted molar refractivity (Wildman–Crippen MR) is 85.9 cm³/mol. The Labute approximate surface area is 123 Å². The summed E-state index contributed by atoms with van der Waals surface area (Å²) in [7, 11) is 0. The van der Waals surface area contributed by atoms with Crippen LogP contribution in [0, 0.1) is 0 Å². The topological polar surface area (TPSA) is 3.24 Å². The molecule has 0 saturated heterocycles. The first kappa shape index (κ1) is 13.9. The van der Waals surface area contributed by atoms with E-state index in [1.54, 1.807) is 5.56 Å². The van der Waals surface area contributed by atoms with Crippen molar-refractivity contribution in [2.24, 2.45) is 0 Å². The molecule has 1 fully saturated rings. The maximum atomic E-state index is 4.00. The van der Waals surface area contributed by atoms with Gasteiger partial charge >= 0.3 is 0 Å². The summed E-state index contributed by atoms with van der Waals surface area (Å²) in [4.78, 5) is 2.72. The Hall–Kier alpha value is -1.08. The van der Waals surface area contributed by atoms with E-state index in [0.29, 0.717) is 11.5 Å². The number of hydrogen-bond donors (Lipinski definition) is 0. The van der Waals surface area contributed by atoms with E-state index in [0.717, 1.165) is 13.1 Å². The quantitative estimate of drug-likeness (QED) is 0.691. The van der Waals surface area contributed by atoms with Gasteiger partial charge in [0.05, 0.1) is 0 Å². The van der Waals surface area contributed by atoms with Gasteiger partial charge in [0.2, 0.25) is 0 Å². The smallest absolute Gasteiger partial charge is 0.0245 e. The maximum Gasteiger partial charge on any atom is 0.0245 e. The van der Waals surface area contributed by atoms with Gasteiger partial charge in [-0.25, -0.2) is 0 Å². The summed E-state index contributed by atoms with van der Waals surface area (Å²) in [6.07, 6.45) is 10.4. The lowest BCUT2D eigenvalue weighted by atomic mass is 9.74. The minimum Gasteiger partial charge on any atom is -0.290 e. The van der Waals surface area contributed by atoms with Crippen LogP contribution in [0.5, 0.6) is 0 Å². The number of benzene rings is 1. The third kappa shape index (κ3) is 2.44. The number of rotatable bonds is 2. The molecule has 0 N–H and O–H groups in total. The fourth-order valence-electron chi connectivity index (χ4n) is 4.49. The van der Waals surface area contributed by atoms with Crippen molar-refractivity contribution in [1.29, 1.82) is 0 Å². The van der Waals surface area contributed by atoms with E-state index in [9.17, 15) is 0 Å². The first-order chi connectivity index (χ1) is 9.75. The molecule has 108 valence electrons. The summed E-state index contributed by atoms with van der Waals surface area (Å²) in [5.74, 6) is 0.680. The van der Waals surface area contributed by atoms with E-state index >= 15 is 0 Å². The predicted octanol–water partition coefficient (Wildman–Crippen LogP) is 4.88. The largest absolute Gasteiger partial charge is 0.290 e. The van der Waals surface area contributed by atoms with Crippen LogP contribution < -0.4 is 0 Å². The van der Waals surface area contributed by atoms with E-state index in [4.69, 9.17) is 0 Å². The molecule has 1 nitrogen and oxygen atoms in total. The highest BCUT2D eigenvalue weighted by Gasteiger charge is 2.40. The van der Waals surface area contributed by atoms with Crippen LogP contribution in [0.3, 0.4) is 0 Å². The van der Waals surface area contributed by atoms with Crippen molar-refractivity contribution in [1.82, 2.24) is 4.90 Å². The van der Waals surface area contributed by atoms with E-state index < -0.39 is 0 Å². The number of fused-ring (bicyclic) bond motifs is 1. The van der Waals surface area contributed by atoms with Crippen molar-refractivity contribution in [3.05, 3.63) is 48.0 Å². The van der Waals surface area contributed by atoms with Crippen LogP contribution in [0.25, 0.3) is 0 Å². The van der Waals surface area contributed by atoms with Crippen LogP contribution in [0.2, 0.25) is 0 Å². The molecule has 1 aromatic carbocycles. The lowest BCUT2D eigenvalue weighted by Crippen LogP contribution is -2.49. The molecular weight excluding hydrogens is 242 g/mol. The molecule has 1 saturated carbocycles. The molecule has 1 atom stereocenters. The zero-order chi connectivity index (χ0) is 14.0. The molecule has 1 spiro atoms. The molecule has 2 aliphatic rings. The van der Waals surface area contributed by atoms with Crippen molar-refractivity contribution in [3.63, 3.8) is 0 Å². The van der Waals surface area contributed by atoms with E-state index in [1.165, 1.54) is 44.1 Å². The van der Waals surface area contributed by atoms with Crippen molar-refractivity contribution >= 4 is 0 Å². The molecule has 0 radical (unpaired) electrons. The summed E-state index contributed by atoms with van der Waals surface area (Å²) in [6, 6.07) is 9.06. The standard InChI is InChI=1S/C19H27N/c1-3-13-20-15-17-9-5-6-10-18(17)16(2)14-19(20)11-7-4-8-12-19/h3,5-6,9-10,16H,1,4,7-8,11-15H2,2H3. The fourth-order valence-corrected chi connectivity index (χ4v) is 4.49. The van der Waals surface area contributed by atoms with Crippen LogP contribution >= 0.6 is 0 Å². The molecule has 1 unspecified atom stereocenters. The second-order valence-corrected chi connectivity index (χ2v) is 6.76. The third-order valence-corrected chi connectivity index (χ3v) is 5.44. The van der Waals surface area contributed by atoms with Crippen LogP contribution in [-0.4, -0.2) is 17.0 Å². The SMILES string of the molecule is C=CCN1Cc2ccccc2C(C)CC12CCCCC2. The second kappa shape index (κ2) is 5.73. The summed E-state index contributed by atoms with van der Waals surface area (Å²) < 4.78 is 0. The van der Waals surface area contributed by atoms with Crippen LogP contribution in [0.4, 0.5) is 0 Å². The zero-order valence-corrected chi connectivity index (χ0v) is 12.8. The van der Waals surface area contributed by atoms with Crippen LogP contribution in [0.15, 0.2) is 36.9 Å². The average molecular weight is 269 g/mol. The van der Waals surface area contributed by atoms with Gasteiger partial charge in [0.15, 0.2) is 0 Å². The fraction of sp³-hybridized carbons (Fsp3) is 0.579. The molecule has 1 heteroatoms. The van der Waals surface area contributed by atoms with Crippen molar-refractivity contribution in [2.45, 2.75) is 63.5 Å². The van der Waals surface area contributed by atoms with Gasteiger partial charge in [-0.05, 0) is 36.3 Å². The Morgan fingerprint density at radius 1 is 1.25 bits per heavy atom. The van der Waals surface area contributed by atoms with Gasteiger partial charge in [-0.15, -0.1) is 6.58 Å². The zero-order valence-electron chi connectivity index (χ0n) is 12.8. The molecule has 1 heterocycles. The summed E-state index contributed by atoms with van der Waals surface area (Å²) in [6.45, 7) is 8.55. The van der Waals surface area contributed by atoms with Crippen molar-refractivity contribution in [2.75, 3.05) is 6.54 Å². The average Bonchev–Trinajstić information content (AvgIpc) is 2.57. The Bertz CT molecular complexity index is 470. The summed E-state index contributed by atoms with van der Waals surface area (Å²) >= 11 is 0. The van der Waals surface area contributed by atoms with Crippen LogP contribution in [0.1, 0.15) is 62.5 Å². The highest BCUT2D eigenvalue weighted by molar-refractivity contribution is 5.32. The lowest BCUT2D eigenvalue weighted by molar-refractivity contribution is 0.0460. The minimum atomic E-state index is 0.422. The highest BCUT2D eigenvalue weighted by Crippen LogP contribution is 2.44. The number of hydrogen-bond acceptors (Lipinski definition) is 1. The van der Waals surface area contributed by atoms with Gasteiger partial charge in [-0.2, -0.15) is 0 Å². The normalized spacial score (nSPS) is 25.9. The van der Waals surface area contributed by atoms with E-state index in [2.05, 4.69) is 48.7 Å². The first-order valence-electron chi connectivity index (χ1n) is 8.19. The minimum absolute atomic E-state index is 0.422. The van der Waals surface area contributed by atoms with Gasteiger partial charge in [0, 0.05) is 18.6 Å². The van der Waals surface area contributed by atoms with E-state index in [1.807, 2.05) is 0 Å². The van der Waals surface area contributed by atoms with Crippen molar-refractivity contribution in [3.8, 4) is 0 Å². The molecule has 0 amide bonds. The molecule has 1 aliphatic carbocycles. The van der Waals surface area contributed by atoms with Gasteiger partial charge < -0.3 is 0 Å². The third-order valence-electron chi connectivity index (χ3n) is 5.44. The first-order valence-corrected chi connectivity index (χ1v) is 8.19. The maximum absolute atomic E-state index is 4.00. The van der Waals surface area contributed by atoms with Gasteiger partial charge in [0.25, 0.3) is 0 Å². The molecule has 1 aliphatic heterocycles. The lowest BCUT2D eigenvalue weighted by Gasteiger charge is -2.46. The van der Waals surface area contributed by atoms with Gasteiger partial charge in [-0.3, -0.25) is 4.90 Å². The number of nitrogens with zero attached hydrogens (tertiary/aromatic N) is 1. The Kier molecular flexibility index (Phi) is 3.98. The molecule has 0 aromatic heterocycles. The molecule has 0 bridgehead atoms. The van der Waals surface area contributed by atoms with Gasteiger partial charge in [0.1, 0.15) is 0 Å². The second-order valence-electron chi connectivity index (χ2n) is 6.76. The Morgan fingerprint density at radius 3 is 2.75 bits per heavy atom. The summed E-state index contributed by atoms with van der Waals surface area (Å²) in [5.41, 5.74) is 3.53. The monoisotopic (exact) mass is 269 g/mol. The Morgan fingerprint density at radius 2 is 2.00 bits per heavy atom. The van der Waals surface area contributed by atoms with Gasteiger partial charge in [-0.1, -0.05) is 56.5 Å². The molecule has 1 aromatic rings.